The summed E-state index contributed by atoms with van der Waals surface area (Å²) in [4.78, 5) is 0. The zero-order chi connectivity index (χ0) is 7.56. The average Bonchev–Trinajstić information content (AvgIpc) is 1.85. The molecule has 0 aromatic heterocycles. The summed E-state index contributed by atoms with van der Waals surface area (Å²) in [5.41, 5.74) is 0. The van der Waals surface area contributed by atoms with Gasteiger partial charge in [-0.25, -0.2) is 3.11 Å². The molecule has 10 heavy (non-hydrogen) atoms. The van der Waals surface area contributed by atoms with Crippen LogP contribution < -0.4 is 0 Å². The van der Waals surface area contributed by atoms with Gasteiger partial charge >= 0.3 is 0 Å². The van der Waals surface area contributed by atoms with E-state index in [4.69, 9.17) is 4.74 Å². The first-order valence-corrected chi connectivity index (χ1v) is 4.75. The zero-order valence-corrected chi connectivity index (χ0v) is 8.67. The number of hydrogen-bond acceptors (Lipinski definition) is 2. The number of rotatable bonds is 1. The molecule has 1 aliphatic rings. The van der Waals surface area contributed by atoms with E-state index < -0.39 is 0 Å². The van der Waals surface area contributed by atoms with Crippen LogP contribution in [0, 0.1) is 0 Å². The molecule has 0 radical (unpaired) electrons. The molecular formula is C7H14INO. The Labute approximate surface area is 76.4 Å². The van der Waals surface area contributed by atoms with E-state index in [1.165, 1.54) is 0 Å². The quantitative estimate of drug-likeness (QED) is 0.523. The maximum atomic E-state index is 5.66. The van der Waals surface area contributed by atoms with Crippen LogP contribution in [0.3, 0.4) is 0 Å². The van der Waals surface area contributed by atoms with Crippen LogP contribution in [-0.4, -0.2) is 28.4 Å². The molecule has 60 valence electrons. The first-order valence-electron chi connectivity index (χ1n) is 3.78. The van der Waals surface area contributed by atoms with Gasteiger partial charge in [-0.3, -0.25) is 0 Å². The summed E-state index contributed by atoms with van der Waals surface area (Å²) in [6, 6.07) is 0. The predicted molar refractivity (Wildman–Crippen MR) is 50.2 cm³/mol. The molecule has 1 saturated heterocycles. The molecule has 1 unspecified atom stereocenters. The standard InChI is InChI=1S/C7H14INO/c1-3-7-5-9(8)4-6(2)10-7/h6-7H,3-5H2,1-2H3/t6?,7-/m1/s1. The zero-order valence-electron chi connectivity index (χ0n) is 6.51. The lowest BCUT2D eigenvalue weighted by Crippen LogP contribution is -2.41. The van der Waals surface area contributed by atoms with Gasteiger partial charge in [-0.15, -0.1) is 0 Å². The molecule has 0 bridgehead atoms. The van der Waals surface area contributed by atoms with Crippen LogP contribution >= 0.6 is 22.9 Å². The summed E-state index contributed by atoms with van der Waals surface area (Å²) < 4.78 is 7.97. The van der Waals surface area contributed by atoms with Gasteiger partial charge in [-0.05, 0) is 13.3 Å². The molecule has 1 aliphatic heterocycles. The average molecular weight is 255 g/mol. The third-order valence-corrected chi connectivity index (χ3v) is 2.52. The van der Waals surface area contributed by atoms with E-state index in [0.717, 1.165) is 19.5 Å². The second kappa shape index (κ2) is 3.88. The van der Waals surface area contributed by atoms with Crippen molar-refractivity contribution in [1.29, 1.82) is 0 Å². The van der Waals surface area contributed by atoms with Gasteiger partial charge in [-0.2, -0.15) is 0 Å². The van der Waals surface area contributed by atoms with Crippen LogP contribution in [0.15, 0.2) is 0 Å². The van der Waals surface area contributed by atoms with E-state index in [9.17, 15) is 0 Å². The molecule has 0 amide bonds. The summed E-state index contributed by atoms with van der Waals surface area (Å²) in [6.45, 7) is 6.46. The minimum Gasteiger partial charge on any atom is -0.373 e. The lowest BCUT2D eigenvalue weighted by molar-refractivity contribution is -0.0478. The second-order valence-electron chi connectivity index (χ2n) is 2.80. The van der Waals surface area contributed by atoms with E-state index in [2.05, 4.69) is 39.8 Å². The van der Waals surface area contributed by atoms with E-state index in [-0.39, 0.29) is 0 Å². The third-order valence-electron chi connectivity index (χ3n) is 1.74. The minimum absolute atomic E-state index is 0.413. The highest BCUT2D eigenvalue weighted by molar-refractivity contribution is 14.1. The summed E-state index contributed by atoms with van der Waals surface area (Å²) in [7, 11) is 0. The van der Waals surface area contributed by atoms with E-state index in [1.54, 1.807) is 0 Å². The van der Waals surface area contributed by atoms with Crippen LogP contribution in [0.25, 0.3) is 0 Å². The van der Waals surface area contributed by atoms with Crippen molar-refractivity contribution >= 4 is 22.9 Å². The maximum Gasteiger partial charge on any atom is 0.0711 e. The van der Waals surface area contributed by atoms with Crippen LogP contribution in [0.1, 0.15) is 20.3 Å². The molecule has 0 aromatic carbocycles. The maximum absolute atomic E-state index is 5.66. The molecule has 0 aliphatic carbocycles. The van der Waals surface area contributed by atoms with Gasteiger partial charge in [-0.1, -0.05) is 6.92 Å². The van der Waals surface area contributed by atoms with Gasteiger partial charge in [0.05, 0.1) is 12.2 Å². The Balaban J connectivity index is 2.35. The molecule has 0 N–H and O–H groups in total. The number of nitrogens with zero attached hydrogens (tertiary/aromatic N) is 1. The number of ether oxygens (including phenoxy) is 1. The largest absolute Gasteiger partial charge is 0.373 e. The Morgan fingerprint density at radius 2 is 2.30 bits per heavy atom. The predicted octanol–water partition coefficient (Wildman–Crippen LogP) is 1.84. The van der Waals surface area contributed by atoms with Gasteiger partial charge < -0.3 is 4.74 Å². The fourth-order valence-electron chi connectivity index (χ4n) is 1.21. The Morgan fingerprint density at radius 3 is 2.80 bits per heavy atom. The monoisotopic (exact) mass is 255 g/mol. The van der Waals surface area contributed by atoms with E-state index in [1.807, 2.05) is 0 Å². The molecule has 1 fully saturated rings. The van der Waals surface area contributed by atoms with Crippen molar-refractivity contribution < 1.29 is 4.74 Å². The molecule has 3 heteroatoms. The summed E-state index contributed by atoms with van der Waals surface area (Å²) in [5.74, 6) is 0. The van der Waals surface area contributed by atoms with Crippen LogP contribution in [-0.2, 0) is 4.74 Å². The molecule has 2 nitrogen and oxygen atoms in total. The highest BCUT2D eigenvalue weighted by atomic mass is 127. The lowest BCUT2D eigenvalue weighted by Gasteiger charge is -2.32. The van der Waals surface area contributed by atoms with Crippen LogP contribution in [0.2, 0.25) is 0 Å². The van der Waals surface area contributed by atoms with Crippen molar-refractivity contribution in [2.24, 2.45) is 0 Å². The second-order valence-corrected chi connectivity index (χ2v) is 4.17. The first-order chi connectivity index (χ1) is 4.72. The first kappa shape index (κ1) is 8.74. The molecule has 0 spiro atoms. The number of morpholine rings is 1. The normalized spacial score (nSPS) is 36.3. The summed E-state index contributed by atoms with van der Waals surface area (Å²) in [5, 5.41) is 0. The highest BCUT2D eigenvalue weighted by Gasteiger charge is 2.21. The minimum atomic E-state index is 0.413. The number of hydrogen-bond donors (Lipinski definition) is 0. The molecular weight excluding hydrogens is 241 g/mol. The fraction of sp³-hybridized carbons (Fsp3) is 1.00. The van der Waals surface area contributed by atoms with Crippen molar-refractivity contribution in [3.63, 3.8) is 0 Å². The third kappa shape index (κ3) is 2.36. The summed E-state index contributed by atoms with van der Waals surface area (Å²) >= 11 is 2.36. The molecule has 0 aromatic rings. The Bertz CT molecular complexity index is 99.8. The molecule has 0 saturated carbocycles. The SMILES string of the molecule is CC[C@@H]1CN(I)CC(C)O1. The van der Waals surface area contributed by atoms with Gasteiger partial charge in [0.25, 0.3) is 0 Å². The van der Waals surface area contributed by atoms with Crippen LogP contribution in [0.5, 0.6) is 0 Å². The van der Waals surface area contributed by atoms with Crippen LogP contribution in [0.4, 0.5) is 0 Å². The van der Waals surface area contributed by atoms with Crippen molar-refractivity contribution in [3.05, 3.63) is 0 Å². The van der Waals surface area contributed by atoms with E-state index >= 15 is 0 Å². The molecule has 1 rings (SSSR count). The highest BCUT2D eigenvalue weighted by Crippen LogP contribution is 2.15. The Morgan fingerprint density at radius 1 is 1.60 bits per heavy atom. The topological polar surface area (TPSA) is 12.5 Å². The van der Waals surface area contributed by atoms with Gasteiger partial charge in [0, 0.05) is 36.0 Å². The Kier molecular flexibility index (Phi) is 3.39. The van der Waals surface area contributed by atoms with Crippen molar-refractivity contribution in [3.8, 4) is 0 Å². The van der Waals surface area contributed by atoms with Crippen molar-refractivity contribution in [1.82, 2.24) is 3.11 Å². The van der Waals surface area contributed by atoms with E-state index in [0.29, 0.717) is 12.2 Å². The van der Waals surface area contributed by atoms with Crippen molar-refractivity contribution in [2.45, 2.75) is 32.5 Å². The number of halogens is 1. The fourth-order valence-corrected chi connectivity index (χ4v) is 2.21. The smallest absolute Gasteiger partial charge is 0.0711 e. The van der Waals surface area contributed by atoms with Gasteiger partial charge in [0.1, 0.15) is 0 Å². The van der Waals surface area contributed by atoms with Gasteiger partial charge in [0.2, 0.25) is 0 Å². The lowest BCUT2D eigenvalue weighted by atomic mass is 10.2. The molecule has 1 heterocycles. The molecule has 2 atom stereocenters. The van der Waals surface area contributed by atoms with Gasteiger partial charge in [0.15, 0.2) is 0 Å². The Hall–Kier alpha value is 0.650. The summed E-state index contributed by atoms with van der Waals surface area (Å²) in [6.07, 6.45) is 2.00. The van der Waals surface area contributed by atoms with Crippen molar-refractivity contribution in [2.75, 3.05) is 13.1 Å².